The zero-order valence-electron chi connectivity index (χ0n) is 10.0. The molecule has 1 aliphatic carbocycles. The Kier molecular flexibility index (Phi) is 3.47. The van der Waals surface area contributed by atoms with Gasteiger partial charge in [0.05, 0.1) is 17.1 Å². The first-order valence-corrected chi connectivity index (χ1v) is 5.80. The van der Waals surface area contributed by atoms with Crippen molar-refractivity contribution in [3.63, 3.8) is 0 Å². The van der Waals surface area contributed by atoms with Crippen LogP contribution in [-0.2, 0) is 0 Å². The van der Waals surface area contributed by atoms with Gasteiger partial charge in [-0.1, -0.05) is 0 Å². The van der Waals surface area contributed by atoms with Crippen LogP contribution in [0.15, 0.2) is 18.2 Å². The largest absolute Gasteiger partial charge is 0.393 e. The molecule has 0 heterocycles. The summed E-state index contributed by atoms with van der Waals surface area (Å²) in [7, 11) is 1.77. The van der Waals surface area contributed by atoms with Gasteiger partial charge in [0.1, 0.15) is 5.82 Å². The van der Waals surface area contributed by atoms with Gasteiger partial charge in [-0.2, -0.15) is 0 Å². The van der Waals surface area contributed by atoms with E-state index in [2.05, 4.69) is 0 Å². The maximum absolute atomic E-state index is 13.3. The molecule has 1 saturated carbocycles. The lowest BCUT2D eigenvalue weighted by Crippen LogP contribution is -2.37. The summed E-state index contributed by atoms with van der Waals surface area (Å²) >= 11 is 0. The third kappa shape index (κ3) is 2.76. The molecule has 0 bridgehead atoms. The van der Waals surface area contributed by atoms with Crippen LogP contribution < -0.4 is 4.90 Å². The zero-order valence-corrected chi connectivity index (χ0v) is 10.0. The quantitative estimate of drug-likeness (QED) is 0.658. The Hall–Kier alpha value is -1.69. The molecule has 1 aliphatic rings. The number of nitro benzene ring substituents is 1. The maximum atomic E-state index is 13.3. The molecule has 0 spiro atoms. The van der Waals surface area contributed by atoms with Gasteiger partial charge in [-0.3, -0.25) is 10.1 Å². The molecular formula is C12H15FN2O3. The first kappa shape index (κ1) is 12.8. The molecule has 18 heavy (non-hydrogen) atoms. The van der Waals surface area contributed by atoms with Crippen LogP contribution in [0.5, 0.6) is 0 Å². The van der Waals surface area contributed by atoms with Crippen molar-refractivity contribution in [1.29, 1.82) is 0 Å². The van der Waals surface area contributed by atoms with Crippen LogP contribution in [-0.4, -0.2) is 29.7 Å². The topological polar surface area (TPSA) is 66.6 Å². The molecule has 0 unspecified atom stereocenters. The van der Waals surface area contributed by atoms with E-state index < -0.39 is 10.7 Å². The molecular weight excluding hydrogens is 239 g/mol. The molecule has 1 aromatic carbocycles. The van der Waals surface area contributed by atoms with Gasteiger partial charge in [0.2, 0.25) is 0 Å². The molecule has 0 radical (unpaired) electrons. The summed E-state index contributed by atoms with van der Waals surface area (Å²) in [5, 5.41) is 19.8. The molecule has 98 valence electrons. The second-order valence-electron chi connectivity index (χ2n) is 4.80. The Labute approximate surface area is 104 Å². The van der Waals surface area contributed by atoms with E-state index in [1.54, 1.807) is 11.9 Å². The molecule has 1 aromatic rings. The van der Waals surface area contributed by atoms with Gasteiger partial charge < -0.3 is 10.0 Å². The number of halogens is 1. The van der Waals surface area contributed by atoms with E-state index >= 15 is 0 Å². The number of anilines is 1. The summed E-state index contributed by atoms with van der Waals surface area (Å²) in [4.78, 5) is 11.8. The van der Waals surface area contributed by atoms with Crippen LogP contribution in [0.1, 0.15) is 12.8 Å². The minimum Gasteiger partial charge on any atom is -0.393 e. The van der Waals surface area contributed by atoms with Crippen molar-refractivity contribution >= 4 is 11.4 Å². The first-order valence-electron chi connectivity index (χ1n) is 5.80. The van der Waals surface area contributed by atoms with Crippen molar-refractivity contribution in [1.82, 2.24) is 0 Å². The van der Waals surface area contributed by atoms with Crippen LogP contribution >= 0.6 is 0 Å². The highest BCUT2D eigenvalue weighted by Crippen LogP contribution is 2.30. The van der Waals surface area contributed by atoms with Crippen molar-refractivity contribution in [2.24, 2.45) is 5.92 Å². The summed E-state index contributed by atoms with van der Waals surface area (Å²) in [6.07, 6.45) is 1.24. The lowest BCUT2D eigenvalue weighted by molar-refractivity contribution is -0.385. The van der Waals surface area contributed by atoms with Crippen LogP contribution in [0, 0.1) is 21.8 Å². The molecule has 0 aromatic heterocycles. The Balaban J connectivity index is 2.09. The van der Waals surface area contributed by atoms with Crippen LogP contribution in [0.2, 0.25) is 0 Å². The lowest BCUT2D eigenvalue weighted by atomic mass is 9.82. The van der Waals surface area contributed by atoms with E-state index in [0.717, 1.165) is 18.9 Å². The molecule has 0 atom stereocenters. The Morgan fingerprint density at radius 3 is 2.72 bits per heavy atom. The number of aliphatic hydroxyl groups is 1. The van der Waals surface area contributed by atoms with Gasteiger partial charge in [-0.25, -0.2) is 4.39 Å². The standard InChI is InChI=1S/C12H15FN2O3/c1-14(7-8-2-12(16)3-8)10-4-9(13)5-11(6-10)15(17)18/h4-6,8,12,16H,2-3,7H2,1H3. The lowest BCUT2D eigenvalue weighted by Gasteiger charge is -2.35. The highest BCUT2D eigenvalue weighted by molar-refractivity contribution is 5.53. The van der Waals surface area contributed by atoms with Crippen molar-refractivity contribution in [3.8, 4) is 0 Å². The van der Waals surface area contributed by atoms with E-state index in [-0.39, 0.29) is 11.8 Å². The molecule has 1 fully saturated rings. The normalized spacial score (nSPS) is 22.4. The molecule has 0 saturated heterocycles. The minimum atomic E-state index is -0.611. The van der Waals surface area contributed by atoms with Gasteiger partial charge >= 0.3 is 0 Å². The Bertz CT molecular complexity index is 461. The predicted octanol–water partition coefficient (Wildman–Crippen LogP) is 1.94. The summed E-state index contributed by atoms with van der Waals surface area (Å²) in [5.74, 6) is -0.244. The zero-order chi connectivity index (χ0) is 13.3. The first-order chi connectivity index (χ1) is 8.45. The average Bonchev–Trinajstić information content (AvgIpc) is 2.26. The summed E-state index contributed by atoms with van der Waals surface area (Å²) in [6, 6.07) is 3.55. The van der Waals surface area contributed by atoms with Crippen molar-refractivity contribution in [2.45, 2.75) is 18.9 Å². The highest BCUT2D eigenvalue weighted by atomic mass is 19.1. The molecule has 0 amide bonds. The smallest absolute Gasteiger partial charge is 0.274 e. The fraction of sp³-hybridized carbons (Fsp3) is 0.500. The number of hydrogen-bond donors (Lipinski definition) is 1. The summed E-state index contributed by atoms with van der Waals surface area (Å²) in [5.41, 5.74) is 0.244. The van der Waals surface area contributed by atoms with E-state index in [1.165, 1.54) is 12.1 Å². The Morgan fingerprint density at radius 2 is 2.17 bits per heavy atom. The number of aliphatic hydroxyl groups excluding tert-OH is 1. The van der Waals surface area contributed by atoms with Crippen molar-refractivity contribution in [3.05, 3.63) is 34.1 Å². The number of benzene rings is 1. The number of nitro groups is 1. The second kappa shape index (κ2) is 4.89. The van der Waals surface area contributed by atoms with Gasteiger partial charge in [0.15, 0.2) is 0 Å². The highest BCUT2D eigenvalue weighted by Gasteiger charge is 2.28. The monoisotopic (exact) mass is 254 g/mol. The fourth-order valence-electron chi connectivity index (χ4n) is 2.23. The molecule has 2 rings (SSSR count). The number of hydrogen-bond acceptors (Lipinski definition) is 4. The van der Waals surface area contributed by atoms with Crippen molar-refractivity contribution < 1.29 is 14.4 Å². The van der Waals surface area contributed by atoms with E-state index in [4.69, 9.17) is 0 Å². The number of non-ortho nitro benzene ring substituents is 1. The van der Waals surface area contributed by atoms with E-state index in [9.17, 15) is 19.6 Å². The fourth-order valence-corrected chi connectivity index (χ4v) is 2.23. The third-order valence-electron chi connectivity index (χ3n) is 3.26. The van der Waals surface area contributed by atoms with Crippen molar-refractivity contribution in [2.75, 3.05) is 18.5 Å². The molecule has 5 nitrogen and oxygen atoms in total. The third-order valence-corrected chi connectivity index (χ3v) is 3.26. The number of nitrogens with zero attached hydrogens (tertiary/aromatic N) is 2. The minimum absolute atomic E-state index is 0.231. The summed E-state index contributed by atoms with van der Waals surface area (Å²) < 4.78 is 13.3. The van der Waals surface area contributed by atoms with Crippen LogP contribution in [0.4, 0.5) is 15.8 Å². The molecule has 1 N–H and O–H groups in total. The van der Waals surface area contributed by atoms with Gasteiger partial charge in [-0.05, 0) is 24.8 Å². The van der Waals surface area contributed by atoms with Gasteiger partial charge in [-0.15, -0.1) is 0 Å². The average molecular weight is 254 g/mol. The molecule has 6 heteroatoms. The van der Waals surface area contributed by atoms with E-state index in [0.29, 0.717) is 18.2 Å². The summed E-state index contributed by atoms with van der Waals surface area (Å²) in [6.45, 7) is 0.664. The SMILES string of the molecule is CN(CC1CC(O)C1)c1cc(F)cc([N+](=O)[O-])c1. The maximum Gasteiger partial charge on any atom is 0.274 e. The van der Waals surface area contributed by atoms with E-state index in [1.807, 2.05) is 0 Å². The second-order valence-corrected chi connectivity index (χ2v) is 4.80. The number of rotatable bonds is 4. The van der Waals surface area contributed by atoms with Crippen LogP contribution in [0.3, 0.4) is 0 Å². The van der Waals surface area contributed by atoms with Gasteiger partial charge in [0, 0.05) is 25.3 Å². The Morgan fingerprint density at radius 1 is 1.50 bits per heavy atom. The molecule has 0 aliphatic heterocycles. The van der Waals surface area contributed by atoms with Crippen LogP contribution in [0.25, 0.3) is 0 Å². The predicted molar refractivity (Wildman–Crippen MR) is 65.1 cm³/mol. The van der Waals surface area contributed by atoms with Gasteiger partial charge in [0.25, 0.3) is 5.69 Å².